The second-order valence-electron chi connectivity index (χ2n) is 5.42. The Morgan fingerprint density at radius 3 is 2.67 bits per heavy atom. The lowest BCUT2D eigenvalue weighted by Gasteiger charge is -2.10. The van der Waals surface area contributed by atoms with Crippen LogP contribution in [0.25, 0.3) is 5.69 Å². The van der Waals surface area contributed by atoms with Crippen LogP contribution in [0.1, 0.15) is 28.4 Å². The largest absolute Gasteiger partial charge is 0.380 e. The highest BCUT2D eigenvalue weighted by Crippen LogP contribution is 2.19. The maximum absolute atomic E-state index is 11.5. The zero-order chi connectivity index (χ0) is 16.9. The van der Waals surface area contributed by atoms with Gasteiger partial charge < -0.3 is 9.88 Å². The molecular weight excluding hydrogens is 300 g/mol. The number of ketones is 1. The molecule has 0 atom stereocenters. The monoisotopic (exact) mass is 316 g/mol. The molecule has 0 aliphatic carbocycles. The van der Waals surface area contributed by atoms with Gasteiger partial charge in [0.05, 0.1) is 17.6 Å². The molecule has 1 aromatic heterocycles. The number of nitrogens with zero attached hydrogens (tertiary/aromatic N) is 3. The Balaban J connectivity index is 1.75. The molecule has 5 heteroatoms. The molecule has 3 rings (SSSR count). The van der Waals surface area contributed by atoms with Gasteiger partial charge in [0.1, 0.15) is 6.07 Å². The fourth-order valence-corrected chi connectivity index (χ4v) is 2.40. The fraction of sp³-hybridized carbons (Fsp3) is 0.105. The Morgan fingerprint density at radius 2 is 2.04 bits per heavy atom. The van der Waals surface area contributed by atoms with Crippen molar-refractivity contribution >= 4 is 11.5 Å². The van der Waals surface area contributed by atoms with Gasteiger partial charge in [-0.15, -0.1) is 0 Å². The normalized spacial score (nSPS) is 10.2. The van der Waals surface area contributed by atoms with Crippen LogP contribution in [-0.2, 0) is 6.54 Å². The highest BCUT2D eigenvalue weighted by molar-refractivity contribution is 5.95. The van der Waals surface area contributed by atoms with E-state index in [9.17, 15) is 10.1 Å². The third-order valence-electron chi connectivity index (χ3n) is 3.77. The van der Waals surface area contributed by atoms with E-state index in [1.54, 1.807) is 30.7 Å². The van der Waals surface area contributed by atoms with Crippen LogP contribution >= 0.6 is 0 Å². The first-order chi connectivity index (χ1) is 11.7. The van der Waals surface area contributed by atoms with Gasteiger partial charge in [-0.05, 0) is 42.8 Å². The Morgan fingerprint density at radius 1 is 1.25 bits per heavy atom. The maximum atomic E-state index is 11.5. The number of carbonyl (C=O) groups excluding carboxylic acids is 1. The zero-order valence-electron chi connectivity index (χ0n) is 13.2. The number of benzene rings is 2. The molecule has 1 heterocycles. The molecule has 2 aromatic carbocycles. The van der Waals surface area contributed by atoms with Crippen LogP contribution in [0.15, 0.2) is 61.2 Å². The third kappa shape index (κ3) is 3.33. The average molecular weight is 316 g/mol. The molecule has 118 valence electrons. The molecule has 1 N–H and O–H groups in total. The molecule has 3 aromatic rings. The summed E-state index contributed by atoms with van der Waals surface area (Å²) in [5.74, 6) is -0.0211. The standard InChI is InChI=1S/C19H16N4O/c1-14(24)16-4-5-17(11-20)19(10-16)22-12-15-2-6-18(7-3-15)23-9-8-21-13-23/h2-10,13,22H,12H2,1H3. The lowest BCUT2D eigenvalue weighted by atomic mass is 10.1. The molecule has 0 radical (unpaired) electrons. The van der Waals surface area contributed by atoms with Gasteiger partial charge in [-0.1, -0.05) is 12.1 Å². The minimum absolute atomic E-state index is 0.0211. The highest BCUT2D eigenvalue weighted by atomic mass is 16.1. The van der Waals surface area contributed by atoms with Crippen molar-refractivity contribution in [1.82, 2.24) is 9.55 Å². The van der Waals surface area contributed by atoms with Gasteiger partial charge >= 0.3 is 0 Å². The van der Waals surface area contributed by atoms with Crippen molar-refractivity contribution in [3.63, 3.8) is 0 Å². The molecule has 0 amide bonds. The molecule has 5 nitrogen and oxygen atoms in total. The minimum Gasteiger partial charge on any atom is -0.380 e. The maximum Gasteiger partial charge on any atom is 0.159 e. The number of imidazole rings is 1. The molecule has 0 bridgehead atoms. The second-order valence-corrected chi connectivity index (χ2v) is 5.42. The van der Waals surface area contributed by atoms with Crippen molar-refractivity contribution in [3.05, 3.63) is 77.9 Å². The van der Waals surface area contributed by atoms with E-state index < -0.39 is 0 Å². The highest BCUT2D eigenvalue weighted by Gasteiger charge is 2.06. The summed E-state index contributed by atoms with van der Waals surface area (Å²) in [6.07, 6.45) is 5.38. The summed E-state index contributed by atoms with van der Waals surface area (Å²) >= 11 is 0. The van der Waals surface area contributed by atoms with Gasteiger partial charge in [0, 0.05) is 30.2 Å². The van der Waals surface area contributed by atoms with Crippen molar-refractivity contribution < 1.29 is 4.79 Å². The summed E-state index contributed by atoms with van der Waals surface area (Å²) in [5.41, 5.74) is 3.90. The number of nitriles is 1. The number of anilines is 1. The molecule has 0 saturated heterocycles. The van der Waals surface area contributed by atoms with Crippen molar-refractivity contribution in [3.8, 4) is 11.8 Å². The van der Waals surface area contributed by atoms with Crippen LogP contribution in [-0.4, -0.2) is 15.3 Å². The molecule has 24 heavy (non-hydrogen) atoms. The Hall–Kier alpha value is -3.39. The Bertz CT molecular complexity index is 890. The molecular formula is C19H16N4O. The number of rotatable bonds is 5. The van der Waals surface area contributed by atoms with E-state index in [0.29, 0.717) is 23.4 Å². The predicted molar refractivity (Wildman–Crippen MR) is 92.1 cm³/mol. The summed E-state index contributed by atoms with van der Waals surface area (Å²) in [6, 6.07) is 15.3. The minimum atomic E-state index is -0.0211. The van der Waals surface area contributed by atoms with E-state index >= 15 is 0 Å². The van der Waals surface area contributed by atoms with Crippen molar-refractivity contribution in [2.45, 2.75) is 13.5 Å². The summed E-state index contributed by atoms with van der Waals surface area (Å²) in [4.78, 5) is 15.5. The van der Waals surface area contributed by atoms with Crippen molar-refractivity contribution in [2.75, 3.05) is 5.32 Å². The predicted octanol–water partition coefficient (Wildman–Crippen LogP) is 3.56. The van der Waals surface area contributed by atoms with Crippen LogP contribution < -0.4 is 5.32 Å². The van der Waals surface area contributed by atoms with Gasteiger partial charge in [-0.2, -0.15) is 5.26 Å². The number of aromatic nitrogens is 2. The zero-order valence-corrected chi connectivity index (χ0v) is 13.2. The number of hydrogen-bond acceptors (Lipinski definition) is 4. The van der Waals surface area contributed by atoms with Gasteiger partial charge in [-0.3, -0.25) is 4.79 Å². The molecule has 0 aliphatic rings. The van der Waals surface area contributed by atoms with Crippen molar-refractivity contribution in [1.29, 1.82) is 5.26 Å². The summed E-state index contributed by atoms with van der Waals surface area (Å²) in [7, 11) is 0. The SMILES string of the molecule is CC(=O)c1ccc(C#N)c(NCc2ccc(-n3ccnc3)cc2)c1. The first-order valence-corrected chi connectivity index (χ1v) is 7.53. The fourth-order valence-electron chi connectivity index (χ4n) is 2.40. The Kier molecular flexibility index (Phi) is 4.39. The van der Waals surface area contributed by atoms with E-state index in [4.69, 9.17) is 0 Å². The van der Waals surface area contributed by atoms with E-state index in [0.717, 1.165) is 11.3 Å². The van der Waals surface area contributed by atoms with E-state index in [-0.39, 0.29) is 5.78 Å². The molecule has 0 saturated carbocycles. The van der Waals surface area contributed by atoms with Gasteiger partial charge in [0.25, 0.3) is 0 Å². The third-order valence-corrected chi connectivity index (χ3v) is 3.77. The smallest absolute Gasteiger partial charge is 0.159 e. The van der Waals surface area contributed by atoms with Crippen LogP contribution in [0.4, 0.5) is 5.69 Å². The summed E-state index contributed by atoms with van der Waals surface area (Å²) in [6.45, 7) is 2.08. The van der Waals surface area contributed by atoms with Crippen LogP contribution in [0.2, 0.25) is 0 Å². The van der Waals surface area contributed by atoms with Crippen LogP contribution in [0, 0.1) is 11.3 Å². The average Bonchev–Trinajstić information content (AvgIpc) is 3.14. The first-order valence-electron chi connectivity index (χ1n) is 7.53. The van der Waals surface area contributed by atoms with E-state index in [2.05, 4.69) is 16.4 Å². The van der Waals surface area contributed by atoms with Crippen LogP contribution in [0.5, 0.6) is 0 Å². The lowest BCUT2D eigenvalue weighted by Crippen LogP contribution is -2.03. The topological polar surface area (TPSA) is 70.7 Å². The molecule has 0 unspecified atom stereocenters. The first kappa shape index (κ1) is 15.5. The number of carbonyl (C=O) groups is 1. The lowest BCUT2D eigenvalue weighted by molar-refractivity contribution is 0.101. The van der Waals surface area contributed by atoms with E-state index in [1.807, 2.05) is 35.0 Å². The number of hydrogen-bond donors (Lipinski definition) is 1. The van der Waals surface area contributed by atoms with Crippen LogP contribution in [0.3, 0.4) is 0 Å². The van der Waals surface area contributed by atoms with Gasteiger partial charge in [0.15, 0.2) is 5.78 Å². The number of Topliss-reactive ketones (excluding diaryl/α,β-unsaturated/α-hetero) is 1. The summed E-state index contributed by atoms with van der Waals surface area (Å²) < 4.78 is 1.93. The Labute approximate surface area is 140 Å². The van der Waals surface area contributed by atoms with E-state index in [1.165, 1.54) is 6.92 Å². The summed E-state index contributed by atoms with van der Waals surface area (Å²) in [5, 5.41) is 12.4. The molecule has 0 aliphatic heterocycles. The van der Waals surface area contributed by atoms with Gasteiger partial charge in [-0.25, -0.2) is 4.98 Å². The second kappa shape index (κ2) is 6.80. The number of nitrogens with one attached hydrogen (secondary N) is 1. The van der Waals surface area contributed by atoms with Gasteiger partial charge in [0.2, 0.25) is 0 Å². The molecule has 0 fully saturated rings. The quantitative estimate of drug-likeness (QED) is 0.731. The molecule has 0 spiro atoms. The van der Waals surface area contributed by atoms with Crippen molar-refractivity contribution in [2.24, 2.45) is 0 Å².